The van der Waals surface area contributed by atoms with Crippen molar-refractivity contribution in [3.05, 3.63) is 24.0 Å². The average molecular weight is 166 g/mol. The lowest BCUT2D eigenvalue weighted by atomic mass is 10.3. The molecule has 5 heteroatoms. The van der Waals surface area contributed by atoms with E-state index in [0.717, 1.165) is 18.8 Å². The Morgan fingerprint density at radius 2 is 2.25 bits per heavy atom. The number of rotatable bonds is 0. The molecular formula is C7H10N4O. The fourth-order valence-corrected chi connectivity index (χ4v) is 1.11. The lowest BCUT2D eigenvalue weighted by molar-refractivity contribution is 0.299. The van der Waals surface area contributed by atoms with Crippen LogP contribution >= 0.6 is 0 Å². The number of ether oxygens (including phenoxy) is 1. The number of hydrogen-bond acceptors (Lipinski definition) is 5. The molecule has 0 aromatic rings. The van der Waals surface area contributed by atoms with Crippen molar-refractivity contribution in [2.75, 3.05) is 13.1 Å². The molecule has 0 aliphatic carbocycles. The highest BCUT2D eigenvalue weighted by Crippen LogP contribution is 2.07. The molecule has 4 N–H and O–H groups in total. The van der Waals surface area contributed by atoms with E-state index in [4.69, 9.17) is 10.5 Å². The molecular weight excluding hydrogens is 156 g/mol. The summed E-state index contributed by atoms with van der Waals surface area (Å²) in [6.07, 6.45) is 3.02. The summed E-state index contributed by atoms with van der Waals surface area (Å²) in [7, 11) is 0. The average Bonchev–Trinajstić information content (AvgIpc) is 2.29. The van der Waals surface area contributed by atoms with E-state index in [1.54, 1.807) is 0 Å². The van der Waals surface area contributed by atoms with Crippen molar-refractivity contribution in [2.45, 2.75) is 0 Å². The van der Waals surface area contributed by atoms with Crippen LogP contribution in [0.1, 0.15) is 0 Å². The SMILES string of the molecule is NC1=NC=COC2=C1NCCN2. The van der Waals surface area contributed by atoms with Crippen LogP contribution in [-0.2, 0) is 4.74 Å². The molecule has 0 saturated heterocycles. The van der Waals surface area contributed by atoms with Gasteiger partial charge in [0.1, 0.15) is 12.0 Å². The first-order valence-electron chi connectivity index (χ1n) is 3.75. The van der Waals surface area contributed by atoms with Crippen molar-refractivity contribution in [1.29, 1.82) is 0 Å². The van der Waals surface area contributed by atoms with E-state index in [2.05, 4.69) is 15.6 Å². The van der Waals surface area contributed by atoms with Crippen molar-refractivity contribution >= 4 is 5.84 Å². The molecule has 0 aromatic heterocycles. The highest BCUT2D eigenvalue weighted by molar-refractivity contribution is 5.97. The van der Waals surface area contributed by atoms with E-state index in [9.17, 15) is 0 Å². The molecule has 2 aliphatic rings. The minimum Gasteiger partial charge on any atom is -0.445 e. The molecule has 0 unspecified atom stereocenters. The topological polar surface area (TPSA) is 71.7 Å². The smallest absolute Gasteiger partial charge is 0.219 e. The quantitative estimate of drug-likeness (QED) is 0.441. The summed E-state index contributed by atoms with van der Waals surface area (Å²) in [6, 6.07) is 0. The fraction of sp³-hybridized carbons (Fsp3) is 0.286. The zero-order chi connectivity index (χ0) is 8.39. The van der Waals surface area contributed by atoms with E-state index < -0.39 is 0 Å². The van der Waals surface area contributed by atoms with Gasteiger partial charge < -0.3 is 21.1 Å². The summed E-state index contributed by atoms with van der Waals surface area (Å²) in [5.41, 5.74) is 6.39. The molecule has 0 radical (unpaired) electrons. The van der Waals surface area contributed by atoms with Crippen LogP contribution in [0.2, 0.25) is 0 Å². The normalized spacial score (nSPS) is 21.2. The lowest BCUT2D eigenvalue weighted by Crippen LogP contribution is -2.40. The Morgan fingerprint density at radius 3 is 3.17 bits per heavy atom. The first-order valence-corrected chi connectivity index (χ1v) is 3.75. The summed E-state index contributed by atoms with van der Waals surface area (Å²) in [5, 5.41) is 6.18. The second kappa shape index (κ2) is 2.77. The van der Waals surface area contributed by atoms with Gasteiger partial charge >= 0.3 is 0 Å². The molecule has 0 fully saturated rings. The minimum atomic E-state index is 0.450. The molecule has 2 aliphatic heterocycles. The van der Waals surface area contributed by atoms with Gasteiger partial charge in [0.2, 0.25) is 5.88 Å². The molecule has 0 saturated carbocycles. The first kappa shape index (κ1) is 7.02. The number of nitrogens with zero attached hydrogens (tertiary/aromatic N) is 1. The van der Waals surface area contributed by atoms with Crippen LogP contribution in [-0.4, -0.2) is 18.9 Å². The van der Waals surface area contributed by atoms with Gasteiger partial charge in [0.25, 0.3) is 0 Å². The Balaban J connectivity index is 2.35. The van der Waals surface area contributed by atoms with Crippen LogP contribution in [0.5, 0.6) is 0 Å². The zero-order valence-electron chi connectivity index (χ0n) is 6.50. The van der Waals surface area contributed by atoms with Gasteiger partial charge in [0.05, 0.1) is 6.20 Å². The second-order valence-corrected chi connectivity index (χ2v) is 2.48. The molecule has 64 valence electrons. The Morgan fingerprint density at radius 1 is 1.42 bits per heavy atom. The van der Waals surface area contributed by atoms with E-state index in [1.807, 2.05) is 0 Å². The summed E-state index contributed by atoms with van der Waals surface area (Å²) in [5.74, 6) is 1.10. The molecule has 0 spiro atoms. The van der Waals surface area contributed by atoms with Gasteiger partial charge in [-0.05, 0) is 0 Å². The molecule has 2 rings (SSSR count). The molecule has 0 atom stereocenters. The van der Waals surface area contributed by atoms with Gasteiger partial charge in [-0.15, -0.1) is 0 Å². The molecule has 12 heavy (non-hydrogen) atoms. The first-order chi connectivity index (χ1) is 5.88. The van der Waals surface area contributed by atoms with Crippen molar-refractivity contribution in [1.82, 2.24) is 10.6 Å². The third-order valence-electron chi connectivity index (χ3n) is 1.66. The molecule has 2 heterocycles. The zero-order valence-corrected chi connectivity index (χ0v) is 6.50. The number of amidine groups is 1. The van der Waals surface area contributed by atoms with Crippen LogP contribution in [0, 0.1) is 0 Å². The lowest BCUT2D eigenvalue weighted by Gasteiger charge is -2.20. The van der Waals surface area contributed by atoms with Gasteiger partial charge in [-0.3, -0.25) is 0 Å². The van der Waals surface area contributed by atoms with Gasteiger partial charge in [-0.25, -0.2) is 4.99 Å². The maximum atomic E-state index is 5.65. The van der Waals surface area contributed by atoms with Gasteiger partial charge in [-0.2, -0.15) is 0 Å². The van der Waals surface area contributed by atoms with Crippen molar-refractivity contribution < 1.29 is 4.74 Å². The summed E-state index contributed by atoms with van der Waals surface area (Å²) in [4.78, 5) is 3.94. The minimum absolute atomic E-state index is 0.450. The number of aliphatic imine (C=N–C) groups is 1. The van der Waals surface area contributed by atoms with Crippen molar-refractivity contribution in [3.63, 3.8) is 0 Å². The van der Waals surface area contributed by atoms with Gasteiger partial charge in [-0.1, -0.05) is 0 Å². The third-order valence-corrected chi connectivity index (χ3v) is 1.66. The van der Waals surface area contributed by atoms with E-state index in [1.165, 1.54) is 12.5 Å². The highest BCUT2D eigenvalue weighted by Gasteiger charge is 2.16. The van der Waals surface area contributed by atoms with Crippen LogP contribution in [0.4, 0.5) is 0 Å². The van der Waals surface area contributed by atoms with E-state index in [0.29, 0.717) is 11.7 Å². The van der Waals surface area contributed by atoms with Crippen LogP contribution in [0.25, 0.3) is 0 Å². The number of nitrogens with two attached hydrogens (primary N) is 1. The third kappa shape index (κ3) is 1.09. The maximum Gasteiger partial charge on any atom is 0.219 e. The Hall–Kier alpha value is -1.65. The molecule has 0 bridgehead atoms. The van der Waals surface area contributed by atoms with Crippen LogP contribution in [0.15, 0.2) is 29.0 Å². The Bertz CT molecular complexity index is 279. The van der Waals surface area contributed by atoms with Crippen molar-refractivity contribution in [2.24, 2.45) is 10.7 Å². The van der Waals surface area contributed by atoms with Gasteiger partial charge in [0, 0.05) is 13.1 Å². The Kier molecular flexibility index (Phi) is 1.62. The summed E-state index contributed by atoms with van der Waals surface area (Å²) < 4.78 is 5.21. The van der Waals surface area contributed by atoms with Crippen molar-refractivity contribution in [3.8, 4) is 0 Å². The second-order valence-electron chi connectivity index (χ2n) is 2.48. The molecule has 0 amide bonds. The van der Waals surface area contributed by atoms with E-state index >= 15 is 0 Å². The van der Waals surface area contributed by atoms with Crippen LogP contribution < -0.4 is 16.4 Å². The predicted molar refractivity (Wildman–Crippen MR) is 44.9 cm³/mol. The van der Waals surface area contributed by atoms with E-state index in [-0.39, 0.29) is 0 Å². The predicted octanol–water partition coefficient (Wildman–Crippen LogP) is -0.793. The maximum absolute atomic E-state index is 5.65. The standard InChI is InChI=1S/C7H10N4O/c8-6-5-7(11-2-1-9-5)12-4-3-10-6/h3-4,9,11H,1-2H2,(H2,8,10). The monoisotopic (exact) mass is 166 g/mol. The molecule has 0 aromatic carbocycles. The summed E-state index contributed by atoms with van der Waals surface area (Å²) >= 11 is 0. The van der Waals surface area contributed by atoms with Gasteiger partial charge in [0.15, 0.2) is 5.84 Å². The number of hydrogen-bond donors (Lipinski definition) is 3. The van der Waals surface area contributed by atoms with Crippen LogP contribution in [0.3, 0.4) is 0 Å². The number of nitrogens with one attached hydrogen (secondary N) is 2. The molecule has 5 nitrogen and oxygen atoms in total. The summed E-state index contributed by atoms with van der Waals surface area (Å²) in [6.45, 7) is 1.67. The highest BCUT2D eigenvalue weighted by atomic mass is 16.5. The fourth-order valence-electron chi connectivity index (χ4n) is 1.11. The Labute approximate surface area is 70.0 Å². The largest absolute Gasteiger partial charge is 0.445 e.